The van der Waals surface area contributed by atoms with Crippen molar-refractivity contribution < 1.29 is 64.2 Å². The van der Waals surface area contributed by atoms with Crippen molar-refractivity contribution in [3.8, 4) is 34.3 Å². The quantitative estimate of drug-likeness (QED) is 0.176. The molecule has 39 heavy (non-hydrogen) atoms. The van der Waals surface area contributed by atoms with Gasteiger partial charge in [0.1, 0.15) is 53.0 Å². The van der Waals surface area contributed by atoms with Crippen LogP contribution in [-0.4, -0.2) is 103 Å². The lowest BCUT2D eigenvalue weighted by Gasteiger charge is -2.42. The molecule has 2 fully saturated rings. The molecule has 2 saturated heterocycles. The number of rotatable bonds is 5. The first kappa shape index (κ1) is 27.1. The van der Waals surface area contributed by atoms with Crippen molar-refractivity contribution in [2.45, 2.75) is 49.2 Å². The van der Waals surface area contributed by atoms with E-state index in [1.54, 1.807) is 0 Å². The molecule has 0 amide bonds. The van der Waals surface area contributed by atoms with Gasteiger partial charge in [0.05, 0.1) is 13.2 Å². The van der Waals surface area contributed by atoms with Crippen LogP contribution in [0.4, 0.5) is 0 Å². The summed E-state index contributed by atoms with van der Waals surface area (Å²) in [6.07, 6.45) is -12.5. The van der Waals surface area contributed by atoms with Crippen molar-refractivity contribution in [1.82, 2.24) is 0 Å². The van der Waals surface area contributed by atoms with E-state index in [4.69, 9.17) is 23.4 Å². The Morgan fingerprint density at radius 2 is 1.41 bits per heavy atom. The molecule has 3 heterocycles. The second-order valence-corrected chi connectivity index (χ2v) is 9.20. The predicted molar refractivity (Wildman–Crippen MR) is 128 cm³/mol. The summed E-state index contributed by atoms with van der Waals surface area (Å²) in [5.74, 6) is -2.09. The zero-order valence-corrected chi connectivity index (χ0v) is 20.0. The van der Waals surface area contributed by atoms with Crippen LogP contribution in [0.2, 0.25) is 0 Å². The Hall–Kier alpha value is -3.47. The number of aliphatic hydroxyl groups excluding tert-OH is 5. The second-order valence-electron chi connectivity index (χ2n) is 9.20. The van der Waals surface area contributed by atoms with Gasteiger partial charge in [-0.1, -0.05) is 0 Å². The summed E-state index contributed by atoms with van der Waals surface area (Å²) in [4.78, 5) is 12.7. The van der Waals surface area contributed by atoms with Gasteiger partial charge in [-0.3, -0.25) is 4.79 Å². The molecule has 2 unspecified atom stereocenters. The highest BCUT2D eigenvalue weighted by molar-refractivity contribution is 5.89. The van der Waals surface area contributed by atoms with Gasteiger partial charge in [0.25, 0.3) is 0 Å². The van der Waals surface area contributed by atoms with E-state index in [-0.39, 0.29) is 22.5 Å². The number of aromatic hydroxyl groups is 3. The Morgan fingerprint density at radius 3 is 2.10 bits per heavy atom. The van der Waals surface area contributed by atoms with E-state index in [1.807, 2.05) is 0 Å². The molecule has 8 N–H and O–H groups in total. The third kappa shape index (κ3) is 5.11. The molecule has 0 bridgehead atoms. The summed E-state index contributed by atoms with van der Waals surface area (Å²) in [7, 11) is 0. The average molecular weight is 550 g/mol. The zero-order valence-electron chi connectivity index (χ0n) is 20.0. The molecule has 0 aliphatic carbocycles. The lowest BCUT2D eigenvalue weighted by molar-refractivity contribution is -0.332. The van der Waals surface area contributed by atoms with Crippen molar-refractivity contribution in [3.63, 3.8) is 0 Å². The molecule has 14 heteroatoms. The summed E-state index contributed by atoms with van der Waals surface area (Å²) in [5, 5.41) is 80.8. The van der Waals surface area contributed by atoms with E-state index >= 15 is 0 Å². The number of ether oxygens (including phenoxy) is 4. The molecule has 1 aromatic heterocycles. The van der Waals surface area contributed by atoms with Crippen molar-refractivity contribution >= 4 is 11.0 Å². The Balaban J connectivity index is 1.47. The molecular weight excluding hydrogens is 524 g/mol. The summed E-state index contributed by atoms with van der Waals surface area (Å²) in [6.45, 7) is -0.829. The normalized spacial score (nSPS) is 31.3. The summed E-state index contributed by atoms with van der Waals surface area (Å²) in [6, 6.07) is 7.96. The predicted octanol–water partition coefficient (Wildman–Crippen LogP) is -1.14. The van der Waals surface area contributed by atoms with Crippen molar-refractivity contribution in [1.29, 1.82) is 0 Å². The van der Waals surface area contributed by atoms with E-state index in [9.17, 15) is 45.6 Å². The zero-order chi connectivity index (χ0) is 28.0. The second kappa shape index (κ2) is 10.6. The first-order chi connectivity index (χ1) is 18.5. The molecule has 3 aromatic rings. The maximum atomic E-state index is 12.7. The minimum atomic E-state index is -1.73. The van der Waals surface area contributed by atoms with Crippen LogP contribution in [0.15, 0.2) is 45.6 Å². The van der Waals surface area contributed by atoms with Gasteiger partial charge in [0.15, 0.2) is 29.3 Å². The highest BCUT2D eigenvalue weighted by atomic mass is 16.7. The molecule has 14 nitrogen and oxygen atoms in total. The molecule has 2 aliphatic heterocycles. The largest absolute Gasteiger partial charge is 0.508 e. The topological polar surface area (TPSA) is 229 Å². The first-order valence-corrected chi connectivity index (χ1v) is 11.8. The Kier molecular flexibility index (Phi) is 7.37. The SMILES string of the molecule is O=c1cc(-c2ccc(O)cc2)oc2cc(O[C@@H]3OC[C@@H](O)[C@H](O)C3O[C@@H]3OC[C@@H](O)[C@H](O)C3O)c(O)c(O)c12. The Labute approximate surface area is 219 Å². The van der Waals surface area contributed by atoms with Crippen LogP contribution in [0.5, 0.6) is 23.0 Å². The van der Waals surface area contributed by atoms with Gasteiger partial charge in [-0.2, -0.15) is 0 Å². The highest BCUT2D eigenvalue weighted by Gasteiger charge is 2.47. The Bertz CT molecular complexity index is 1390. The lowest BCUT2D eigenvalue weighted by atomic mass is 10.0. The summed E-state index contributed by atoms with van der Waals surface area (Å²) < 4.78 is 27.6. The van der Waals surface area contributed by atoms with Crippen LogP contribution in [0, 0.1) is 0 Å². The third-order valence-corrected chi connectivity index (χ3v) is 6.50. The van der Waals surface area contributed by atoms with E-state index in [0.717, 1.165) is 12.1 Å². The maximum absolute atomic E-state index is 12.7. The van der Waals surface area contributed by atoms with Crippen LogP contribution in [0.1, 0.15) is 0 Å². The smallest absolute Gasteiger partial charge is 0.229 e. The molecular formula is C25H26O14. The molecule has 8 atom stereocenters. The highest BCUT2D eigenvalue weighted by Crippen LogP contribution is 2.42. The summed E-state index contributed by atoms with van der Waals surface area (Å²) in [5.41, 5.74) is -0.439. The Morgan fingerprint density at radius 1 is 0.769 bits per heavy atom. The van der Waals surface area contributed by atoms with Crippen LogP contribution in [0.3, 0.4) is 0 Å². The standard InChI is InChI=1S/C25H26O14/c26-10-3-1-9(2-4-10)14-5-11(27)17-15(37-14)6-16(20(32)21(17)33)38-25-23(19(31)13(29)8-36-25)39-24-22(34)18(30)12(28)7-35-24/h1-6,12-13,18-19,22-26,28-34H,7-8H2/t12-,13-,18+,19+,22?,23?,24+,25+/m1/s1. The van der Waals surface area contributed by atoms with E-state index in [1.165, 1.54) is 24.3 Å². The molecule has 2 aromatic carbocycles. The van der Waals surface area contributed by atoms with Crippen LogP contribution in [-0.2, 0) is 14.2 Å². The minimum absolute atomic E-state index is 0.00599. The van der Waals surface area contributed by atoms with Crippen LogP contribution in [0.25, 0.3) is 22.3 Å². The monoisotopic (exact) mass is 550 g/mol. The van der Waals surface area contributed by atoms with Crippen molar-refractivity contribution in [3.05, 3.63) is 46.6 Å². The number of fused-ring (bicyclic) bond motifs is 1. The molecule has 0 saturated carbocycles. The third-order valence-electron chi connectivity index (χ3n) is 6.50. The van der Waals surface area contributed by atoms with Gasteiger partial charge in [-0.25, -0.2) is 0 Å². The van der Waals surface area contributed by atoms with Crippen LogP contribution < -0.4 is 10.2 Å². The van der Waals surface area contributed by atoms with E-state index in [2.05, 4.69) is 0 Å². The number of phenols is 3. The number of aliphatic hydroxyl groups is 5. The molecule has 5 rings (SSSR count). The number of hydrogen-bond acceptors (Lipinski definition) is 14. The number of hydrogen-bond donors (Lipinski definition) is 8. The lowest BCUT2D eigenvalue weighted by Crippen LogP contribution is -2.61. The van der Waals surface area contributed by atoms with Gasteiger partial charge in [0.2, 0.25) is 12.0 Å². The number of benzene rings is 2. The molecule has 2 aliphatic rings. The van der Waals surface area contributed by atoms with Gasteiger partial charge in [0, 0.05) is 17.7 Å². The first-order valence-electron chi connectivity index (χ1n) is 11.8. The molecule has 210 valence electrons. The fraction of sp³-hybridized carbons (Fsp3) is 0.400. The van der Waals surface area contributed by atoms with Gasteiger partial charge < -0.3 is 64.2 Å². The van der Waals surface area contributed by atoms with Crippen molar-refractivity contribution in [2.24, 2.45) is 0 Å². The molecule has 0 radical (unpaired) electrons. The van der Waals surface area contributed by atoms with E-state index < -0.39 is 85.1 Å². The van der Waals surface area contributed by atoms with Crippen LogP contribution >= 0.6 is 0 Å². The van der Waals surface area contributed by atoms with Gasteiger partial charge >= 0.3 is 0 Å². The fourth-order valence-corrected chi connectivity index (χ4v) is 4.32. The minimum Gasteiger partial charge on any atom is -0.508 e. The molecule has 0 spiro atoms. The fourth-order valence-electron chi connectivity index (χ4n) is 4.32. The van der Waals surface area contributed by atoms with Gasteiger partial charge in [-0.15, -0.1) is 0 Å². The van der Waals surface area contributed by atoms with Gasteiger partial charge in [-0.05, 0) is 24.3 Å². The van der Waals surface area contributed by atoms with Crippen molar-refractivity contribution in [2.75, 3.05) is 13.2 Å². The average Bonchev–Trinajstić information content (AvgIpc) is 2.91. The van der Waals surface area contributed by atoms with E-state index in [0.29, 0.717) is 5.56 Å². The maximum Gasteiger partial charge on any atom is 0.229 e. The number of phenolic OH excluding ortho intramolecular Hbond substituents is 3. The summed E-state index contributed by atoms with van der Waals surface area (Å²) >= 11 is 0.